The normalized spacial score (nSPS) is 42.2. The molecular weight excluding hydrogens is 170 g/mol. The summed E-state index contributed by atoms with van der Waals surface area (Å²) >= 11 is 2.03. The maximum Gasteiger partial charge on any atom is 0.0786 e. The number of hydrogen-bond acceptors (Lipinski definition) is 3. The third kappa shape index (κ3) is 1.95. The SMILES string of the molecule is OC1(CC2CCSC2)CCNC1. The fourth-order valence-electron chi connectivity index (χ4n) is 2.19. The Bertz CT molecular complexity index is 151. The largest absolute Gasteiger partial charge is 0.389 e. The van der Waals surface area contributed by atoms with Gasteiger partial charge in [0.25, 0.3) is 0 Å². The van der Waals surface area contributed by atoms with Crippen LogP contribution >= 0.6 is 11.8 Å². The summed E-state index contributed by atoms with van der Waals surface area (Å²) < 4.78 is 0. The van der Waals surface area contributed by atoms with Gasteiger partial charge in [0.1, 0.15) is 0 Å². The van der Waals surface area contributed by atoms with E-state index in [0.29, 0.717) is 0 Å². The molecule has 2 nitrogen and oxygen atoms in total. The summed E-state index contributed by atoms with van der Waals surface area (Å²) in [5.74, 6) is 3.34. The molecule has 2 fully saturated rings. The van der Waals surface area contributed by atoms with Crippen molar-refractivity contribution in [1.82, 2.24) is 5.32 Å². The van der Waals surface area contributed by atoms with Crippen LogP contribution < -0.4 is 5.32 Å². The van der Waals surface area contributed by atoms with Crippen LogP contribution in [0.4, 0.5) is 0 Å². The third-order valence-corrected chi connectivity index (χ3v) is 4.15. The Balaban J connectivity index is 1.83. The summed E-state index contributed by atoms with van der Waals surface area (Å²) in [7, 11) is 0. The Kier molecular flexibility index (Phi) is 2.63. The van der Waals surface area contributed by atoms with Crippen LogP contribution in [0.15, 0.2) is 0 Å². The average molecular weight is 187 g/mol. The van der Waals surface area contributed by atoms with Gasteiger partial charge in [-0.1, -0.05) is 0 Å². The second-order valence-electron chi connectivity index (χ2n) is 4.08. The Morgan fingerprint density at radius 1 is 1.58 bits per heavy atom. The molecule has 0 saturated carbocycles. The number of rotatable bonds is 2. The molecule has 0 bridgehead atoms. The van der Waals surface area contributed by atoms with Crippen LogP contribution in [0.5, 0.6) is 0 Å². The van der Waals surface area contributed by atoms with E-state index in [0.717, 1.165) is 31.8 Å². The van der Waals surface area contributed by atoms with E-state index in [9.17, 15) is 5.11 Å². The fourth-order valence-corrected chi connectivity index (χ4v) is 3.47. The molecule has 0 amide bonds. The summed E-state index contributed by atoms with van der Waals surface area (Å²) in [6.45, 7) is 1.81. The highest BCUT2D eigenvalue weighted by atomic mass is 32.2. The molecule has 2 atom stereocenters. The van der Waals surface area contributed by atoms with Gasteiger partial charge in [-0.3, -0.25) is 0 Å². The molecule has 2 N–H and O–H groups in total. The highest BCUT2D eigenvalue weighted by Gasteiger charge is 2.34. The van der Waals surface area contributed by atoms with E-state index in [4.69, 9.17) is 0 Å². The summed E-state index contributed by atoms with van der Waals surface area (Å²) in [4.78, 5) is 0. The molecule has 2 heterocycles. The summed E-state index contributed by atoms with van der Waals surface area (Å²) in [5, 5.41) is 13.3. The lowest BCUT2D eigenvalue weighted by Crippen LogP contribution is -2.33. The van der Waals surface area contributed by atoms with Gasteiger partial charge in [-0.05, 0) is 43.2 Å². The van der Waals surface area contributed by atoms with Crippen LogP contribution in [-0.4, -0.2) is 35.3 Å². The monoisotopic (exact) mass is 187 g/mol. The maximum absolute atomic E-state index is 10.1. The van der Waals surface area contributed by atoms with Crippen LogP contribution in [0.3, 0.4) is 0 Å². The molecule has 70 valence electrons. The van der Waals surface area contributed by atoms with Crippen molar-refractivity contribution in [1.29, 1.82) is 0 Å². The minimum absolute atomic E-state index is 0.366. The molecule has 2 rings (SSSR count). The summed E-state index contributed by atoms with van der Waals surface area (Å²) in [6, 6.07) is 0. The second kappa shape index (κ2) is 3.56. The molecule has 12 heavy (non-hydrogen) atoms. The first-order valence-electron chi connectivity index (χ1n) is 4.79. The molecule has 2 saturated heterocycles. The second-order valence-corrected chi connectivity index (χ2v) is 5.23. The zero-order valence-corrected chi connectivity index (χ0v) is 8.20. The van der Waals surface area contributed by atoms with Gasteiger partial charge >= 0.3 is 0 Å². The Morgan fingerprint density at radius 3 is 3.08 bits per heavy atom. The minimum atomic E-state index is -0.366. The highest BCUT2D eigenvalue weighted by Crippen LogP contribution is 2.32. The molecule has 2 aliphatic rings. The van der Waals surface area contributed by atoms with Gasteiger partial charge in [0.2, 0.25) is 0 Å². The van der Waals surface area contributed by atoms with Crippen molar-refractivity contribution in [3.63, 3.8) is 0 Å². The predicted molar refractivity (Wildman–Crippen MR) is 52.5 cm³/mol. The Morgan fingerprint density at radius 2 is 2.50 bits per heavy atom. The van der Waals surface area contributed by atoms with Gasteiger partial charge in [0.15, 0.2) is 0 Å². The van der Waals surface area contributed by atoms with Gasteiger partial charge in [-0.25, -0.2) is 0 Å². The first-order valence-corrected chi connectivity index (χ1v) is 5.95. The van der Waals surface area contributed by atoms with Gasteiger partial charge in [0.05, 0.1) is 5.60 Å². The van der Waals surface area contributed by atoms with Crippen LogP contribution in [-0.2, 0) is 0 Å². The molecule has 0 aromatic heterocycles. The van der Waals surface area contributed by atoms with Crippen LogP contribution in [0.1, 0.15) is 19.3 Å². The molecule has 0 spiro atoms. The van der Waals surface area contributed by atoms with Crippen molar-refractivity contribution in [3.8, 4) is 0 Å². The van der Waals surface area contributed by atoms with Crippen molar-refractivity contribution in [2.24, 2.45) is 5.92 Å². The van der Waals surface area contributed by atoms with Crippen molar-refractivity contribution in [2.45, 2.75) is 24.9 Å². The van der Waals surface area contributed by atoms with Crippen molar-refractivity contribution in [2.75, 3.05) is 24.6 Å². The smallest absolute Gasteiger partial charge is 0.0786 e. The number of aliphatic hydroxyl groups is 1. The quantitative estimate of drug-likeness (QED) is 0.672. The summed E-state index contributed by atoms with van der Waals surface area (Å²) in [5.41, 5.74) is -0.366. The number of nitrogens with one attached hydrogen (secondary N) is 1. The molecule has 0 aliphatic carbocycles. The predicted octanol–water partition coefficient (Wildman–Crippen LogP) is 0.854. The van der Waals surface area contributed by atoms with E-state index < -0.39 is 0 Å². The van der Waals surface area contributed by atoms with Crippen molar-refractivity contribution >= 4 is 11.8 Å². The first kappa shape index (κ1) is 8.85. The lowest BCUT2D eigenvalue weighted by Gasteiger charge is -2.24. The lowest BCUT2D eigenvalue weighted by atomic mass is 9.89. The molecule has 2 unspecified atom stereocenters. The Hall–Kier alpha value is 0.270. The lowest BCUT2D eigenvalue weighted by molar-refractivity contribution is 0.0384. The van der Waals surface area contributed by atoms with Crippen LogP contribution in [0, 0.1) is 5.92 Å². The maximum atomic E-state index is 10.1. The van der Waals surface area contributed by atoms with Gasteiger partial charge in [-0.15, -0.1) is 0 Å². The topological polar surface area (TPSA) is 32.3 Å². The zero-order valence-electron chi connectivity index (χ0n) is 7.38. The minimum Gasteiger partial charge on any atom is -0.389 e. The van der Waals surface area contributed by atoms with E-state index in [1.54, 1.807) is 0 Å². The van der Waals surface area contributed by atoms with Gasteiger partial charge in [-0.2, -0.15) is 11.8 Å². The number of thioether (sulfide) groups is 1. The van der Waals surface area contributed by atoms with E-state index >= 15 is 0 Å². The van der Waals surface area contributed by atoms with Gasteiger partial charge < -0.3 is 10.4 Å². The van der Waals surface area contributed by atoms with Crippen LogP contribution in [0.25, 0.3) is 0 Å². The third-order valence-electron chi connectivity index (χ3n) is 2.91. The average Bonchev–Trinajstić information content (AvgIpc) is 2.62. The van der Waals surface area contributed by atoms with Crippen molar-refractivity contribution < 1.29 is 5.11 Å². The van der Waals surface area contributed by atoms with E-state index in [1.807, 2.05) is 11.8 Å². The first-order chi connectivity index (χ1) is 5.79. The standard InChI is InChI=1S/C9H17NOS/c11-9(2-3-10-7-9)5-8-1-4-12-6-8/h8,10-11H,1-7H2. The molecule has 3 heteroatoms. The molecule has 0 aromatic rings. The van der Waals surface area contributed by atoms with Gasteiger partial charge in [0, 0.05) is 6.54 Å². The highest BCUT2D eigenvalue weighted by molar-refractivity contribution is 7.99. The zero-order chi connectivity index (χ0) is 8.44. The fraction of sp³-hybridized carbons (Fsp3) is 1.00. The van der Waals surface area contributed by atoms with E-state index in [2.05, 4.69) is 5.32 Å². The number of β-amino-alcohol motifs (C(OH)–C–C–N with tert-alkyl or cyclic N) is 1. The van der Waals surface area contributed by atoms with Crippen molar-refractivity contribution in [3.05, 3.63) is 0 Å². The number of hydrogen-bond donors (Lipinski definition) is 2. The molecule has 2 aliphatic heterocycles. The molecule has 0 aromatic carbocycles. The van der Waals surface area contributed by atoms with E-state index in [1.165, 1.54) is 17.9 Å². The van der Waals surface area contributed by atoms with Crippen LogP contribution in [0.2, 0.25) is 0 Å². The Labute approximate surface area is 78.1 Å². The molecule has 0 radical (unpaired) electrons. The molecular formula is C9H17NOS. The van der Waals surface area contributed by atoms with E-state index in [-0.39, 0.29) is 5.60 Å². The summed E-state index contributed by atoms with van der Waals surface area (Å²) in [6.07, 6.45) is 3.29.